The Hall–Kier alpha value is -1.31. The summed E-state index contributed by atoms with van der Waals surface area (Å²) < 4.78 is 32.2. The van der Waals surface area contributed by atoms with E-state index in [9.17, 15) is 8.42 Å². The molecule has 0 aliphatic rings. The van der Waals surface area contributed by atoms with Crippen molar-refractivity contribution < 1.29 is 17.9 Å². The molecule has 0 aliphatic carbocycles. The molecule has 1 atom stereocenters. The van der Waals surface area contributed by atoms with Crippen molar-refractivity contribution in [2.24, 2.45) is 5.14 Å². The van der Waals surface area contributed by atoms with Crippen molar-refractivity contribution in [3.8, 4) is 11.5 Å². The Morgan fingerprint density at radius 3 is 2.55 bits per heavy atom. The first-order valence-corrected chi connectivity index (χ1v) is 8.04. The molecule has 7 heteroatoms. The molecule has 114 valence electrons. The molecule has 20 heavy (non-hydrogen) atoms. The number of nitrogens with one attached hydrogen (secondary N) is 1. The van der Waals surface area contributed by atoms with Gasteiger partial charge in [-0.25, -0.2) is 13.6 Å². The molecule has 0 saturated heterocycles. The summed E-state index contributed by atoms with van der Waals surface area (Å²) in [6.45, 7) is 2.53. The summed E-state index contributed by atoms with van der Waals surface area (Å²) in [7, 11) is -0.178. The maximum absolute atomic E-state index is 10.8. The largest absolute Gasteiger partial charge is 0.497 e. The zero-order valence-corrected chi connectivity index (χ0v) is 12.9. The highest BCUT2D eigenvalue weighted by Crippen LogP contribution is 2.29. The van der Waals surface area contributed by atoms with Gasteiger partial charge >= 0.3 is 0 Å². The van der Waals surface area contributed by atoms with Gasteiger partial charge in [0.1, 0.15) is 11.5 Å². The van der Waals surface area contributed by atoms with Crippen molar-refractivity contribution in [2.45, 2.75) is 19.4 Å². The first-order chi connectivity index (χ1) is 9.37. The molecule has 0 bridgehead atoms. The number of sulfonamides is 1. The van der Waals surface area contributed by atoms with E-state index in [4.69, 9.17) is 14.6 Å². The first-order valence-electron chi connectivity index (χ1n) is 6.33. The number of primary sulfonamides is 1. The molecule has 6 nitrogen and oxygen atoms in total. The van der Waals surface area contributed by atoms with E-state index in [1.54, 1.807) is 14.2 Å². The fourth-order valence-corrected chi connectivity index (χ4v) is 2.43. The van der Waals surface area contributed by atoms with Crippen LogP contribution in [0, 0.1) is 0 Å². The fraction of sp³-hybridized carbons (Fsp3) is 0.538. The minimum Gasteiger partial charge on any atom is -0.497 e. The van der Waals surface area contributed by atoms with Crippen molar-refractivity contribution in [1.29, 1.82) is 0 Å². The zero-order chi connectivity index (χ0) is 15.2. The van der Waals surface area contributed by atoms with E-state index in [1.807, 2.05) is 25.1 Å². The van der Waals surface area contributed by atoms with E-state index in [-0.39, 0.29) is 11.8 Å². The van der Waals surface area contributed by atoms with E-state index in [1.165, 1.54) is 0 Å². The Bertz CT molecular complexity index is 531. The lowest BCUT2D eigenvalue weighted by molar-refractivity contribution is 0.392. The molecule has 0 heterocycles. The van der Waals surface area contributed by atoms with E-state index >= 15 is 0 Å². The predicted molar refractivity (Wildman–Crippen MR) is 78.6 cm³/mol. The van der Waals surface area contributed by atoms with Crippen LogP contribution in [-0.4, -0.2) is 34.9 Å². The molecule has 0 radical (unpaired) electrons. The van der Waals surface area contributed by atoms with Crippen LogP contribution in [0.1, 0.15) is 24.9 Å². The average molecular weight is 302 g/mol. The molecule has 0 aromatic heterocycles. The van der Waals surface area contributed by atoms with E-state index in [0.717, 1.165) is 17.1 Å². The van der Waals surface area contributed by atoms with Crippen LogP contribution in [0.25, 0.3) is 0 Å². The number of hydrogen-bond acceptors (Lipinski definition) is 5. The summed E-state index contributed by atoms with van der Waals surface area (Å²) in [5.74, 6) is 1.48. The molecular weight excluding hydrogens is 280 g/mol. The van der Waals surface area contributed by atoms with E-state index in [2.05, 4.69) is 5.32 Å². The van der Waals surface area contributed by atoms with Gasteiger partial charge in [0, 0.05) is 11.6 Å². The molecule has 1 unspecified atom stereocenters. The second-order valence-corrected chi connectivity index (χ2v) is 6.24. The van der Waals surface area contributed by atoms with Gasteiger partial charge in [-0.05, 0) is 38.1 Å². The molecule has 0 saturated carbocycles. The molecule has 0 aliphatic heterocycles. The molecule has 3 N–H and O–H groups in total. The van der Waals surface area contributed by atoms with Crippen molar-refractivity contribution in [3.05, 3.63) is 23.8 Å². The third-order valence-corrected chi connectivity index (χ3v) is 3.82. The summed E-state index contributed by atoms with van der Waals surface area (Å²) in [5.41, 5.74) is 0.961. The second-order valence-electron chi connectivity index (χ2n) is 4.50. The van der Waals surface area contributed by atoms with Crippen molar-refractivity contribution in [3.63, 3.8) is 0 Å². The Labute approximate surface area is 120 Å². The second kappa shape index (κ2) is 7.47. The zero-order valence-electron chi connectivity index (χ0n) is 12.0. The molecule has 0 spiro atoms. The third kappa shape index (κ3) is 5.36. The number of ether oxygens (including phenoxy) is 2. The minimum absolute atomic E-state index is 0.0144. The van der Waals surface area contributed by atoms with Crippen LogP contribution in [0.5, 0.6) is 11.5 Å². The van der Waals surface area contributed by atoms with Gasteiger partial charge in [-0.2, -0.15) is 0 Å². The minimum atomic E-state index is -3.39. The molecule has 0 amide bonds. The highest BCUT2D eigenvalue weighted by Gasteiger charge is 2.12. The van der Waals surface area contributed by atoms with Crippen molar-refractivity contribution in [1.82, 2.24) is 5.32 Å². The van der Waals surface area contributed by atoms with Crippen LogP contribution in [0.4, 0.5) is 0 Å². The summed E-state index contributed by atoms with van der Waals surface area (Å²) in [6, 6.07) is 5.59. The highest BCUT2D eigenvalue weighted by atomic mass is 32.2. The third-order valence-electron chi connectivity index (χ3n) is 2.96. The van der Waals surface area contributed by atoms with Gasteiger partial charge in [0.2, 0.25) is 10.0 Å². The quantitative estimate of drug-likeness (QED) is 0.700. The van der Waals surface area contributed by atoms with Gasteiger partial charge in [-0.3, -0.25) is 0 Å². The first kappa shape index (κ1) is 16.7. The number of hydrogen-bond donors (Lipinski definition) is 2. The monoisotopic (exact) mass is 302 g/mol. The number of benzene rings is 1. The van der Waals surface area contributed by atoms with Crippen LogP contribution < -0.4 is 19.9 Å². The predicted octanol–water partition coefficient (Wildman–Crippen LogP) is 1.03. The molecular formula is C13H22N2O4S. The SMILES string of the molecule is COc1ccc(OC)c(C(C)NCCCS(N)(=O)=O)c1. The highest BCUT2D eigenvalue weighted by molar-refractivity contribution is 7.89. The lowest BCUT2D eigenvalue weighted by Crippen LogP contribution is -2.24. The topological polar surface area (TPSA) is 90.7 Å². The number of nitrogens with two attached hydrogens (primary N) is 1. The van der Waals surface area contributed by atoms with Crippen molar-refractivity contribution >= 4 is 10.0 Å². The molecule has 0 fully saturated rings. The van der Waals surface area contributed by atoms with E-state index in [0.29, 0.717) is 13.0 Å². The maximum Gasteiger partial charge on any atom is 0.209 e. The Balaban J connectivity index is 2.64. The standard InChI is InChI=1S/C13H22N2O4S/c1-10(15-7-4-8-20(14,16)17)12-9-11(18-2)5-6-13(12)19-3/h5-6,9-10,15H,4,7-8H2,1-3H3,(H2,14,16,17). The van der Waals surface area contributed by atoms with Crippen LogP contribution in [0.15, 0.2) is 18.2 Å². The van der Waals surface area contributed by atoms with Gasteiger partial charge in [0.25, 0.3) is 0 Å². The van der Waals surface area contributed by atoms with Crippen LogP contribution in [-0.2, 0) is 10.0 Å². The molecule has 1 aromatic carbocycles. The maximum atomic E-state index is 10.8. The summed E-state index contributed by atoms with van der Waals surface area (Å²) in [4.78, 5) is 0. The van der Waals surface area contributed by atoms with Crippen LogP contribution in [0.2, 0.25) is 0 Å². The normalized spacial score (nSPS) is 13.0. The van der Waals surface area contributed by atoms with E-state index < -0.39 is 10.0 Å². The van der Waals surface area contributed by atoms with Gasteiger partial charge in [0.15, 0.2) is 0 Å². The average Bonchev–Trinajstić information content (AvgIpc) is 2.41. The molecule has 1 aromatic rings. The van der Waals surface area contributed by atoms with Gasteiger partial charge < -0.3 is 14.8 Å². The van der Waals surface area contributed by atoms with Crippen molar-refractivity contribution in [2.75, 3.05) is 26.5 Å². The summed E-state index contributed by atoms with van der Waals surface area (Å²) in [6.07, 6.45) is 0.468. The summed E-state index contributed by atoms with van der Waals surface area (Å²) >= 11 is 0. The van der Waals surface area contributed by atoms with Crippen LogP contribution >= 0.6 is 0 Å². The fourth-order valence-electron chi connectivity index (χ4n) is 1.88. The Kier molecular flexibility index (Phi) is 6.25. The Morgan fingerprint density at radius 2 is 2.00 bits per heavy atom. The van der Waals surface area contributed by atoms with Gasteiger partial charge in [0.05, 0.1) is 20.0 Å². The lowest BCUT2D eigenvalue weighted by Gasteiger charge is -2.18. The molecule has 1 rings (SSSR count). The number of rotatable bonds is 8. The smallest absolute Gasteiger partial charge is 0.209 e. The van der Waals surface area contributed by atoms with Gasteiger partial charge in [-0.15, -0.1) is 0 Å². The van der Waals surface area contributed by atoms with Crippen LogP contribution in [0.3, 0.4) is 0 Å². The Morgan fingerprint density at radius 1 is 1.30 bits per heavy atom. The van der Waals surface area contributed by atoms with Gasteiger partial charge in [-0.1, -0.05) is 0 Å². The lowest BCUT2D eigenvalue weighted by atomic mass is 10.1. The summed E-state index contributed by atoms with van der Waals surface area (Å²) in [5, 5.41) is 8.20. The number of methoxy groups -OCH3 is 2.